The van der Waals surface area contributed by atoms with E-state index in [-0.39, 0.29) is 6.10 Å². The number of benzene rings is 1. The van der Waals surface area contributed by atoms with E-state index in [9.17, 15) is 0 Å². The average molecular weight is 328 g/mol. The predicted octanol–water partition coefficient (Wildman–Crippen LogP) is 2.35. The lowest BCUT2D eigenvalue weighted by Crippen LogP contribution is -2.32. The molecule has 122 valence electrons. The van der Waals surface area contributed by atoms with Gasteiger partial charge < -0.3 is 18.9 Å². The van der Waals surface area contributed by atoms with Gasteiger partial charge in [-0.1, -0.05) is 11.6 Å². The van der Waals surface area contributed by atoms with Crippen molar-refractivity contribution in [1.29, 1.82) is 0 Å². The molecule has 0 bridgehead atoms. The molecule has 0 radical (unpaired) electrons. The largest absolute Gasteiger partial charge is 0.486 e. The molecule has 1 saturated heterocycles. The Balaban J connectivity index is 1.75. The molecule has 0 unspecified atom stereocenters. The van der Waals surface area contributed by atoms with Crippen molar-refractivity contribution in [1.82, 2.24) is 4.90 Å². The molecule has 6 heteroatoms. The van der Waals surface area contributed by atoms with Crippen molar-refractivity contribution in [3.63, 3.8) is 0 Å². The lowest BCUT2D eigenvalue weighted by Gasteiger charge is -2.25. The van der Waals surface area contributed by atoms with Crippen molar-refractivity contribution in [2.45, 2.75) is 25.1 Å². The molecule has 0 amide bonds. The van der Waals surface area contributed by atoms with E-state index in [2.05, 4.69) is 4.90 Å². The van der Waals surface area contributed by atoms with Gasteiger partial charge in [-0.2, -0.15) is 0 Å². The SMILES string of the molecule is COC[C@@H]1C[C@@H](OC)CN1Cc1cc(Cl)c2c(c1)OCCO2. The van der Waals surface area contributed by atoms with Crippen molar-refractivity contribution >= 4 is 11.6 Å². The molecule has 1 fully saturated rings. The number of halogens is 1. The summed E-state index contributed by atoms with van der Waals surface area (Å²) in [6.45, 7) is 3.51. The van der Waals surface area contributed by atoms with Gasteiger partial charge in [0.15, 0.2) is 11.5 Å². The van der Waals surface area contributed by atoms with Gasteiger partial charge in [0.1, 0.15) is 13.2 Å². The minimum atomic E-state index is 0.257. The molecule has 0 N–H and O–H groups in total. The lowest BCUT2D eigenvalue weighted by atomic mass is 10.1. The zero-order valence-corrected chi connectivity index (χ0v) is 13.8. The second kappa shape index (κ2) is 7.04. The number of likely N-dealkylation sites (tertiary alicyclic amines) is 1. The quantitative estimate of drug-likeness (QED) is 0.830. The topological polar surface area (TPSA) is 40.2 Å². The highest BCUT2D eigenvalue weighted by Crippen LogP contribution is 2.39. The fourth-order valence-corrected chi connectivity index (χ4v) is 3.45. The Hall–Kier alpha value is -1.01. The van der Waals surface area contributed by atoms with Crippen LogP contribution in [0.25, 0.3) is 0 Å². The third kappa shape index (κ3) is 3.33. The Morgan fingerprint density at radius 2 is 2.09 bits per heavy atom. The smallest absolute Gasteiger partial charge is 0.179 e. The molecule has 0 spiro atoms. The van der Waals surface area contributed by atoms with Crippen molar-refractivity contribution < 1.29 is 18.9 Å². The van der Waals surface area contributed by atoms with E-state index >= 15 is 0 Å². The molecule has 2 aliphatic heterocycles. The van der Waals surface area contributed by atoms with Crippen molar-refractivity contribution in [2.24, 2.45) is 0 Å². The van der Waals surface area contributed by atoms with Crippen LogP contribution >= 0.6 is 11.6 Å². The van der Waals surface area contributed by atoms with Gasteiger partial charge in [0.2, 0.25) is 0 Å². The van der Waals surface area contributed by atoms with Gasteiger partial charge in [0.05, 0.1) is 17.7 Å². The maximum absolute atomic E-state index is 6.31. The lowest BCUT2D eigenvalue weighted by molar-refractivity contribution is 0.106. The summed E-state index contributed by atoms with van der Waals surface area (Å²) in [6, 6.07) is 4.34. The predicted molar refractivity (Wildman–Crippen MR) is 83.9 cm³/mol. The molecular formula is C16H22ClNO4. The fraction of sp³-hybridized carbons (Fsp3) is 0.625. The third-order valence-corrected chi connectivity index (χ3v) is 4.50. The van der Waals surface area contributed by atoms with Gasteiger partial charge in [0, 0.05) is 33.4 Å². The van der Waals surface area contributed by atoms with Crippen LogP contribution in [0.3, 0.4) is 0 Å². The molecule has 0 aromatic heterocycles. The molecule has 2 aliphatic rings. The van der Waals surface area contributed by atoms with Gasteiger partial charge in [-0.3, -0.25) is 4.90 Å². The summed E-state index contributed by atoms with van der Waals surface area (Å²) >= 11 is 6.31. The second-order valence-corrected chi connectivity index (χ2v) is 6.14. The molecule has 0 aliphatic carbocycles. The summed E-state index contributed by atoms with van der Waals surface area (Å²) in [5, 5.41) is 0.609. The van der Waals surface area contributed by atoms with E-state index in [0.717, 1.165) is 30.8 Å². The molecule has 0 saturated carbocycles. The van der Waals surface area contributed by atoms with Crippen molar-refractivity contribution in [2.75, 3.05) is 40.6 Å². The number of fused-ring (bicyclic) bond motifs is 1. The molecule has 1 aromatic carbocycles. The molecular weight excluding hydrogens is 306 g/mol. The Morgan fingerprint density at radius 3 is 2.86 bits per heavy atom. The van der Waals surface area contributed by atoms with Gasteiger partial charge in [0.25, 0.3) is 0 Å². The zero-order valence-electron chi connectivity index (χ0n) is 13.0. The summed E-state index contributed by atoms with van der Waals surface area (Å²) in [6.07, 6.45) is 1.25. The average Bonchev–Trinajstić information content (AvgIpc) is 2.90. The standard InChI is InChI=1S/C16H22ClNO4/c1-19-10-12-7-13(20-2)9-18(12)8-11-5-14(17)16-15(6-11)21-3-4-22-16/h5-6,12-13H,3-4,7-10H2,1-2H3/t12-,13+/m0/s1. The fourth-order valence-electron chi connectivity index (χ4n) is 3.16. The van der Waals surface area contributed by atoms with Gasteiger partial charge in [-0.15, -0.1) is 0 Å². The van der Waals surface area contributed by atoms with Gasteiger partial charge >= 0.3 is 0 Å². The van der Waals surface area contributed by atoms with Crippen molar-refractivity contribution in [3.05, 3.63) is 22.7 Å². The van der Waals surface area contributed by atoms with E-state index in [1.54, 1.807) is 14.2 Å². The molecule has 5 nitrogen and oxygen atoms in total. The Bertz CT molecular complexity index is 525. The number of nitrogens with zero attached hydrogens (tertiary/aromatic N) is 1. The Kier molecular flexibility index (Phi) is 5.08. The van der Waals surface area contributed by atoms with E-state index in [0.29, 0.717) is 36.6 Å². The van der Waals surface area contributed by atoms with Crippen LogP contribution in [0.1, 0.15) is 12.0 Å². The highest BCUT2D eigenvalue weighted by atomic mass is 35.5. The van der Waals surface area contributed by atoms with E-state index in [4.69, 9.17) is 30.5 Å². The first-order valence-electron chi connectivity index (χ1n) is 7.55. The number of ether oxygens (including phenoxy) is 4. The van der Waals surface area contributed by atoms with Crippen LogP contribution in [-0.2, 0) is 16.0 Å². The summed E-state index contributed by atoms with van der Waals surface area (Å²) in [4.78, 5) is 2.37. The van der Waals surface area contributed by atoms with Crippen LogP contribution in [-0.4, -0.2) is 57.6 Å². The van der Waals surface area contributed by atoms with Crippen LogP contribution in [0.4, 0.5) is 0 Å². The molecule has 3 rings (SSSR count). The first-order chi connectivity index (χ1) is 10.7. The minimum absolute atomic E-state index is 0.257. The number of rotatable bonds is 5. The molecule has 1 aromatic rings. The summed E-state index contributed by atoms with van der Waals surface area (Å²) in [5.41, 5.74) is 1.12. The van der Waals surface area contributed by atoms with Crippen LogP contribution in [0, 0.1) is 0 Å². The Morgan fingerprint density at radius 1 is 1.27 bits per heavy atom. The van der Waals surface area contributed by atoms with E-state index < -0.39 is 0 Å². The molecule has 2 heterocycles. The number of methoxy groups -OCH3 is 2. The Labute approximate surface area is 136 Å². The number of hydrogen-bond acceptors (Lipinski definition) is 5. The van der Waals surface area contributed by atoms with Crippen LogP contribution in [0.15, 0.2) is 12.1 Å². The first kappa shape index (κ1) is 15.9. The third-order valence-electron chi connectivity index (χ3n) is 4.22. The summed E-state index contributed by atoms with van der Waals surface area (Å²) in [5.74, 6) is 1.39. The number of hydrogen-bond donors (Lipinski definition) is 0. The van der Waals surface area contributed by atoms with E-state index in [1.807, 2.05) is 12.1 Å². The normalized spacial score (nSPS) is 24.7. The highest BCUT2D eigenvalue weighted by molar-refractivity contribution is 6.32. The van der Waals surface area contributed by atoms with Crippen LogP contribution < -0.4 is 9.47 Å². The van der Waals surface area contributed by atoms with Gasteiger partial charge in [-0.25, -0.2) is 0 Å². The molecule has 2 atom stereocenters. The van der Waals surface area contributed by atoms with Gasteiger partial charge in [-0.05, 0) is 24.1 Å². The highest BCUT2D eigenvalue weighted by Gasteiger charge is 2.32. The van der Waals surface area contributed by atoms with Crippen LogP contribution in [0.2, 0.25) is 5.02 Å². The van der Waals surface area contributed by atoms with E-state index in [1.165, 1.54) is 0 Å². The zero-order chi connectivity index (χ0) is 15.5. The maximum atomic E-state index is 6.31. The summed E-state index contributed by atoms with van der Waals surface area (Å²) < 4.78 is 22.0. The first-order valence-corrected chi connectivity index (χ1v) is 7.93. The molecule has 22 heavy (non-hydrogen) atoms. The summed E-state index contributed by atoms with van der Waals surface area (Å²) in [7, 11) is 3.50. The van der Waals surface area contributed by atoms with Crippen LogP contribution in [0.5, 0.6) is 11.5 Å². The minimum Gasteiger partial charge on any atom is -0.486 e. The maximum Gasteiger partial charge on any atom is 0.179 e. The van der Waals surface area contributed by atoms with Crippen molar-refractivity contribution in [3.8, 4) is 11.5 Å². The monoisotopic (exact) mass is 327 g/mol. The second-order valence-electron chi connectivity index (χ2n) is 5.73.